The molecule has 1 atom stereocenters. The third-order valence-electron chi connectivity index (χ3n) is 4.82. The van der Waals surface area contributed by atoms with Gasteiger partial charge in [-0.25, -0.2) is 8.42 Å². The number of nitrogens with one attached hydrogen (secondary N) is 1. The van der Waals surface area contributed by atoms with Crippen molar-refractivity contribution in [2.45, 2.75) is 17.7 Å². The summed E-state index contributed by atoms with van der Waals surface area (Å²) in [5.74, 6) is -1.08. The number of amides is 1. The monoisotopic (exact) mass is 432 g/mol. The maximum atomic E-state index is 12.9. The van der Waals surface area contributed by atoms with Crippen LogP contribution in [0.3, 0.4) is 0 Å². The number of hydrogen-bond acceptors (Lipinski definition) is 6. The Balaban J connectivity index is 1.56. The minimum atomic E-state index is -3.73. The number of para-hydroxylation sites is 1. The van der Waals surface area contributed by atoms with Crippen molar-refractivity contribution in [3.05, 3.63) is 54.6 Å². The lowest BCUT2D eigenvalue weighted by Gasteiger charge is -2.30. The van der Waals surface area contributed by atoms with E-state index in [1.807, 2.05) is 6.07 Å². The first-order valence-electron chi connectivity index (χ1n) is 9.56. The molecule has 3 rings (SSSR count). The molecular weight excluding hydrogens is 408 g/mol. The number of anilines is 1. The molecule has 2 aromatic rings. The van der Waals surface area contributed by atoms with E-state index < -0.39 is 34.4 Å². The highest BCUT2D eigenvalue weighted by molar-refractivity contribution is 7.89. The summed E-state index contributed by atoms with van der Waals surface area (Å²) in [6.07, 6.45) is 1.04. The van der Waals surface area contributed by atoms with Crippen LogP contribution in [0.25, 0.3) is 0 Å². The largest absolute Gasteiger partial charge is 0.497 e. The van der Waals surface area contributed by atoms with Crippen molar-refractivity contribution in [3.63, 3.8) is 0 Å². The van der Waals surface area contributed by atoms with Gasteiger partial charge >= 0.3 is 5.97 Å². The van der Waals surface area contributed by atoms with Crippen LogP contribution in [0.2, 0.25) is 0 Å². The Morgan fingerprint density at radius 1 is 1.10 bits per heavy atom. The van der Waals surface area contributed by atoms with Crippen LogP contribution in [0.1, 0.15) is 12.8 Å². The van der Waals surface area contributed by atoms with Crippen LogP contribution in [0.15, 0.2) is 59.5 Å². The number of nitrogens with zero attached hydrogens (tertiary/aromatic N) is 1. The van der Waals surface area contributed by atoms with Gasteiger partial charge in [-0.2, -0.15) is 4.31 Å². The summed E-state index contributed by atoms with van der Waals surface area (Å²) in [7, 11) is -2.23. The molecular formula is C21H24N2O6S. The average Bonchev–Trinajstić information content (AvgIpc) is 2.78. The Bertz CT molecular complexity index is 976. The molecule has 1 saturated heterocycles. The lowest BCUT2D eigenvalue weighted by molar-refractivity contribution is -0.152. The number of piperidine rings is 1. The highest BCUT2D eigenvalue weighted by atomic mass is 32.2. The number of carbonyl (C=O) groups excluding carboxylic acids is 2. The molecule has 160 valence electrons. The maximum Gasteiger partial charge on any atom is 0.310 e. The zero-order valence-corrected chi connectivity index (χ0v) is 17.4. The third kappa shape index (κ3) is 5.37. The number of methoxy groups -OCH3 is 1. The normalized spacial score (nSPS) is 17.2. The first kappa shape index (κ1) is 21.8. The lowest BCUT2D eigenvalue weighted by atomic mass is 10.00. The summed E-state index contributed by atoms with van der Waals surface area (Å²) in [6.45, 7) is -0.0738. The highest BCUT2D eigenvalue weighted by Gasteiger charge is 2.34. The van der Waals surface area contributed by atoms with Crippen molar-refractivity contribution in [2.75, 3.05) is 32.1 Å². The Labute approximate surface area is 175 Å². The predicted molar refractivity (Wildman–Crippen MR) is 111 cm³/mol. The number of benzene rings is 2. The van der Waals surface area contributed by atoms with Gasteiger partial charge in [0, 0.05) is 18.8 Å². The van der Waals surface area contributed by atoms with E-state index in [2.05, 4.69) is 5.32 Å². The Kier molecular flexibility index (Phi) is 7.07. The van der Waals surface area contributed by atoms with Crippen molar-refractivity contribution in [3.8, 4) is 5.75 Å². The van der Waals surface area contributed by atoms with Crippen molar-refractivity contribution in [2.24, 2.45) is 5.92 Å². The quantitative estimate of drug-likeness (QED) is 0.674. The van der Waals surface area contributed by atoms with Crippen molar-refractivity contribution < 1.29 is 27.5 Å². The van der Waals surface area contributed by atoms with Crippen LogP contribution in [-0.4, -0.2) is 51.4 Å². The van der Waals surface area contributed by atoms with E-state index in [0.29, 0.717) is 30.8 Å². The van der Waals surface area contributed by atoms with E-state index in [-0.39, 0.29) is 11.4 Å². The minimum Gasteiger partial charge on any atom is -0.497 e. The van der Waals surface area contributed by atoms with Gasteiger partial charge < -0.3 is 14.8 Å². The molecule has 30 heavy (non-hydrogen) atoms. The van der Waals surface area contributed by atoms with Crippen LogP contribution in [0.4, 0.5) is 5.69 Å². The van der Waals surface area contributed by atoms with Gasteiger partial charge in [0.1, 0.15) is 5.75 Å². The van der Waals surface area contributed by atoms with Crippen LogP contribution in [-0.2, 0) is 24.3 Å². The zero-order valence-electron chi connectivity index (χ0n) is 16.6. The molecule has 1 unspecified atom stereocenters. The molecule has 1 heterocycles. The van der Waals surface area contributed by atoms with Gasteiger partial charge in [-0.05, 0) is 49.2 Å². The predicted octanol–water partition coefficient (Wildman–Crippen LogP) is 2.28. The van der Waals surface area contributed by atoms with Crippen molar-refractivity contribution >= 4 is 27.6 Å². The molecule has 1 amide bonds. The van der Waals surface area contributed by atoms with Crippen LogP contribution >= 0.6 is 0 Å². The van der Waals surface area contributed by atoms with Gasteiger partial charge in [0.2, 0.25) is 10.0 Å². The SMILES string of the molecule is COc1ccc(S(=O)(=O)N2CCCC(C(=O)OCC(=O)Nc3ccccc3)C2)cc1. The second-order valence-corrected chi connectivity index (χ2v) is 8.84. The third-order valence-corrected chi connectivity index (χ3v) is 6.70. The number of ether oxygens (including phenoxy) is 2. The van der Waals surface area contributed by atoms with Gasteiger partial charge in [-0.1, -0.05) is 18.2 Å². The van der Waals surface area contributed by atoms with Crippen LogP contribution in [0.5, 0.6) is 5.75 Å². The Morgan fingerprint density at radius 3 is 2.47 bits per heavy atom. The number of hydrogen-bond donors (Lipinski definition) is 1. The summed E-state index contributed by atoms with van der Waals surface area (Å²) in [5, 5.41) is 2.63. The Morgan fingerprint density at radius 2 is 1.80 bits per heavy atom. The molecule has 0 radical (unpaired) electrons. The van der Waals surface area contributed by atoms with Gasteiger partial charge in [0.15, 0.2) is 6.61 Å². The molecule has 0 aromatic heterocycles. The first-order chi connectivity index (χ1) is 14.4. The fourth-order valence-corrected chi connectivity index (χ4v) is 4.75. The molecule has 2 aromatic carbocycles. The minimum absolute atomic E-state index is 0.0213. The van der Waals surface area contributed by atoms with E-state index in [9.17, 15) is 18.0 Å². The number of carbonyl (C=O) groups is 2. The molecule has 0 bridgehead atoms. The van der Waals surface area contributed by atoms with Crippen molar-refractivity contribution in [1.82, 2.24) is 4.31 Å². The number of sulfonamides is 1. The number of rotatable bonds is 7. The van der Waals surface area contributed by atoms with Crippen molar-refractivity contribution in [1.29, 1.82) is 0 Å². The molecule has 0 saturated carbocycles. The lowest BCUT2D eigenvalue weighted by Crippen LogP contribution is -2.43. The maximum absolute atomic E-state index is 12.9. The van der Waals surface area contributed by atoms with Crippen LogP contribution in [0, 0.1) is 5.92 Å². The fourth-order valence-electron chi connectivity index (χ4n) is 3.22. The smallest absolute Gasteiger partial charge is 0.310 e. The Hall–Kier alpha value is -2.91. The summed E-state index contributed by atoms with van der Waals surface area (Å²) in [4.78, 5) is 24.5. The molecule has 0 aliphatic carbocycles. The topological polar surface area (TPSA) is 102 Å². The fraction of sp³-hybridized carbons (Fsp3) is 0.333. The van der Waals surface area contributed by atoms with Gasteiger partial charge in [-0.15, -0.1) is 0 Å². The zero-order chi connectivity index (χ0) is 21.6. The summed E-state index contributed by atoms with van der Waals surface area (Å²) in [6, 6.07) is 14.9. The average molecular weight is 432 g/mol. The standard InChI is InChI=1S/C21H24N2O6S/c1-28-18-9-11-19(12-10-18)30(26,27)23-13-5-6-16(14-23)21(25)29-15-20(24)22-17-7-3-2-4-8-17/h2-4,7-12,16H,5-6,13-15H2,1H3,(H,22,24). The van der Waals surface area contributed by atoms with Crippen LogP contribution < -0.4 is 10.1 Å². The van der Waals surface area contributed by atoms with Gasteiger partial charge in [0.05, 0.1) is 17.9 Å². The summed E-state index contributed by atoms with van der Waals surface area (Å²) in [5.41, 5.74) is 0.605. The van der Waals surface area contributed by atoms with E-state index in [0.717, 1.165) is 0 Å². The van der Waals surface area contributed by atoms with E-state index >= 15 is 0 Å². The molecule has 1 aliphatic rings. The van der Waals surface area contributed by atoms with E-state index in [1.165, 1.54) is 23.5 Å². The van der Waals surface area contributed by atoms with Gasteiger partial charge in [0.25, 0.3) is 5.91 Å². The summed E-state index contributed by atoms with van der Waals surface area (Å²) < 4.78 is 37.3. The molecule has 8 nitrogen and oxygen atoms in total. The molecule has 1 fully saturated rings. The second-order valence-electron chi connectivity index (χ2n) is 6.90. The molecule has 9 heteroatoms. The molecule has 1 aliphatic heterocycles. The van der Waals surface area contributed by atoms with E-state index in [1.54, 1.807) is 36.4 Å². The molecule has 0 spiro atoms. The summed E-state index contributed by atoms with van der Waals surface area (Å²) >= 11 is 0. The second kappa shape index (κ2) is 9.73. The number of esters is 1. The van der Waals surface area contributed by atoms with E-state index in [4.69, 9.17) is 9.47 Å². The van der Waals surface area contributed by atoms with Gasteiger partial charge in [-0.3, -0.25) is 9.59 Å². The molecule has 1 N–H and O–H groups in total. The highest BCUT2D eigenvalue weighted by Crippen LogP contribution is 2.25. The first-order valence-corrected chi connectivity index (χ1v) is 11.0.